The molecule has 0 fully saturated rings. The van der Waals surface area contributed by atoms with Crippen LogP contribution in [0.2, 0.25) is 0 Å². The smallest absolute Gasteiger partial charge is 0.449 e. The molecule has 0 unspecified atom stereocenters. The molecule has 0 amide bonds. The van der Waals surface area contributed by atoms with E-state index in [9.17, 15) is 4.79 Å². The Morgan fingerprint density at radius 3 is 2.58 bits per heavy atom. The molecule has 1 aromatic rings. The van der Waals surface area contributed by atoms with E-state index in [1.54, 1.807) is 6.92 Å². The minimum Gasteiger partial charge on any atom is -0.449 e. The number of rotatable bonds is 6. The number of hydrogen-bond donors (Lipinski definition) is 2. The summed E-state index contributed by atoms with van der Waals surface area (Å²) >= 11 is 0. The van der Waals surface area contributed by atoms with Crippen molar-refractivity contribution in [3.05, 3.63) is 28.8 Å². The SMILES string of the molecule is CCCCCC(=N)c1cc(C)cc(C)c1OC(=O)O. The van der Waals surface area contributed by atoms with Gasteiger partial charge in [0.05, 0.1) is 0 Å². The molecule has 0 heterocycles. The average Bonchev–Trinajstić information content (AvgIpc) is 2.32. The highest BCUT2D eigenvalue weighted by atomic mass is 16.7. The van der Waals surface area contributed by atoms with E-state index in [4.69, 9.17) is 15.3 Å². The van der Waals surface area contributed by atoms with Gasteiger partial charge in [0, 0.05) is 11.3 Å². The predicted octanol–water partition coefficient (Wildman–Crippen LogP) is 4.31. The summed E-state index contributed by atoms with van der Waals surface area (Å²) in [6, 6.07) is 3.68. The fraction of sp³-hybridized carbons (Fsp3) is 0.467. The van der Waals surface area contributed by atoms with Gasteiger partial charge in [-0.05, 0) is 43.9 Å². The Labute approximate surface area is 113 Å². The Morgan fingerprint density at radius 2 is 2.00 bits per heavy atom. The molecule has 0 bridgehead atoms. The number of hydrogen-bond acceptors (Lipinski definition) is 3. The van der Waals surface area contributed by atoms with Crippen LogP contribution in [0.4, 0.5) is 4.79 Å². The van der Waals surface area contributed by atoms with Gasteiger partial charge in [0.25, 0.3) is 0 Å². The normalized spacial score (nSPS) is 10.3. The fourth-order valence-corrected chi connectivity index (χ4v) is 2.09. The maximum absolute atomic E-state index is 10.7. The highest BCUT2D eigenvalue weighted by Gasteiger charge is 2.15. The Hall–Kier alpha value is -1.84. The lowest BCUT2D eigenvalue weighted by Crippen LogP contribution is -2.10. The predicted molar refractivity (Wildman–Crippen MR) is 75.5 cm³/mol. The standard InChI is InChI=1S/C15H21NO3/c1-4-5-6-7-13(16)12-9-10(2)8-11(3)14(12)19-15(17)18/h8-9,16H,4-7H2,1-3H3,(H,17,18). The molecule has 104 valence electrons. The van der Waals surface area contributed by atoms with E-state index in [1.807, 2.05) is 19.1 Å². The van der Waals surface area contributed by atoms with Crippen molar-refractivity contribution in [1.82, 2.24) is 0 Å². The molecule has 4 nitrogen and oxygen atoms in total. The summed E-state index contributed by atoms with van der Waals surface area (Å²) in [4.78, 5) is 10.7. The van der Waals surface area contributed by atoms with E-state index in [-0.39, 0.29) is 0 Å². The summed E-state index contributed by atoms with van der Waals surface area (Å²) in [5, 5.41) is 16.9. The molecule has 0 radical (unpaired) electrons. The number of carbonyl (C=O) groups is 1. The molecular weight excluding hydrogens is 242 g/mol. The van der Waals surface area contributed by atoms with Gasteiger partial charge in [-0.15, -0.1) is 0 Å². The van der Waals surface area contributed by atoms with Crippen molar-refractivity contribution in [3.8, 4) is 5.75 Å². The average molecular weight is 263 g/mol. The van der Waals surface area contributed by atoms with Gasteiger partial charge < -0.3 is 15.3 Å². The summed E-state index contributed by atoms with van der Waals surface area (Å²) in [5.74, 6) is 0.291. The van der Waals surface area contributed by atoms with Crippen LogP contribution in [-0.2, 0) is 0 Å². The summed E-state index contributed by atoms with van der Waals surface area (Å²) in [7, 11) is 0. The van der Waals surface area contributed by atoms with Gasteiger partial charge in [-0.2, -0.15) is 0 Å². The minimum atomic E-state index is -1.34. The fourth-order valence-electron chi connectivity index (χ4n) is 2.09. The first-order valence-electron chi connectivity index (χ1n) is 6.55. The summed E-state index contributed by atoms with van der Waals surface area (Å²) in [6.45, 7) is 5.84. The van der Waals surface area contributed by atoms with Gasteiger partial charge in [0.2, 0.25) is 0 Å². The lowest BCUT2D eigenvalue weighted by Gasteiger charge is -2.13. The molecule has 19 heavy (non-hydrogen) atoms. The molecule has 1 aromatic carbocycles. The van der Waals surface area contributed by atoms with E-state index in [0.717, 1.165) is 30.4 Å². The van der Waals surface area contributed by atoms with E-state index in [2.05, 4.69) is 6.92 Å². The number of ether oxygens (including phenoxy) is 1. The van der Waals surface area contributed by atoms with Crippen molar-refractivity contribution in [2.24, 2.45) is 0 Å². The van der Waals surface area contributed by atoms with Crippen LogP contribution in [0.3, 0.4) is 0 Å². The second-order valence-corrected chi connectivity index (χ2v) is 4.76. The van der Waals surface area contributed by atoms with Gasteiger partial charge in [-0.1, -0.05) is 25.8 Å². The van der Waals surface area contributed by atoms with Crippen LogP contribution in [-0.4, -0.2) is 17.0 Å². The van der Waals surface area contributed by atoms with Crippen molar-refractivity contribution in [2.75, 3.05) is 0 Å². The number of unbranched alkanes of at least 4 members (excludes halogenated alkanes) is 2. The largest absolute Gasteiger partial charge is 0.511 e. The Morgan fingerprint density at radius 1 is 1.32 bits per heavy atom. The van der Waals surface area contributed by atoms with E-state index >= 15 is 0 Å². The van der Waals surface area contributed by atoms with Crippen LogP contribution in [0.5, 0.6) is 5.75 Å². The lowest BCUT2D eigenvalue weighted by atomic mass is 9.98. The zero-order valence-corrected chi connectivity index (χ0v) is 11.7. The molecule has 0 aliphatic rings. The summed E-state index contributed by atoms with van der Waals surface area (Å²) in [5.41, 5.74) is 2.79. The van der Waals surface area contributed by atoms with Gasteiger partial charge in [0.15, 0.2) is 0 Å². The van der Waals surface area contributed by atoms with Crippen molar-refractivity contribution in [2.45, 2.75) is 46.5 Å². The molecule has 0 atom stereocenters. The molecule has 0 spiro atoms. The van der Waals surface area contributed by atoms with E-state index in [1.165, 1.54) is 0 Å². The quantitative estimate of drug-likeness (QED) is 0.348. The minimum absolute atomic E-state index is 0.291. The summed E-state index contributed by atoms with van der Waals surface area (Å²) in [6.07, 6.45) is 2.41. The van der Waals surface area contributed by atoms with Crippen LogP contribution >= 0.6 is 0 Å². The number of carboxylic acid groups (broad SMARTS) is 1. The number of aryl methyl sites for hydroxylation is 2. The highest BCUT2D eigenvalue weighted by molar-refractivity contribution is 6.01. The Kier molecular flexibility index (Phi) is 5.55. The van der Waals surface area contributed by atoms with Crippen molar-refractivity contribution in [3.63, 3.8) is 0 Å². The third-order valence-electron chi connectivity index (χ3n) is 2.96. The zero-order valence-electron chi connectivity index (χ0n) is 11.7. The van der Waals surface area contributed by atoms with Crippen LogP contribution in [0, 0.1) is 19.3 Å². The Balaban J connectivity index is 3.02. The molecule has 0 aromatic heterocycles. The Bertz CT molecular complexity index is 481. The highest BCUT2D eigenvalue weighted by Crippen LogP contribution is 2.27. The maximum atomic E-state index is 10.7. The first-order valence-corrected chi connectivity index (χ1v) is 6.55. The van der Waals surface area contributed by atoms with Crippen LogP contribution in [0.25, 0.3) is 0 Å². The number of benzene rings is 1. The zero-order chi connectivity index (χ0) is 14.4. The molecular formula is C15H21NO3. The molecule has 2 N–H and O–H groups in total. The van der Waals surface area contributed by atoms with Crippen molar-refractivity contribution in [1.29, 1.82) is 5.41 Å². The molecule has 0 saturated carbocycles. The van der Waals surface area contributed by atoms with Gasteiger partial charge in [-0.3, -0.25) is 0 Å². The van der Waals surface area contributed by atoms with Gasteiger partial charge in [0.1, 0.15) is 5.75 Å². The topological polar surface area (TPSA) is 70.4 Å². The third kappa shape index (κ3) is 4.39. The molecule has 0 aliphatic carbocycles. The molecule has 1 rings (SSSR count). The van der Waals surface area contributed by atoms with Crippen LogP contribution in [0.15, 0.2) is 12.1 Å². The van der Waals surface area contributed by atoms with Gasteiger partial charge in [-0.25, -0.2) is 4.79 Å². The first-order chi connectivity index (χ1) is 8.95. The molecule has 0 aliphatic heterocycles. The summed E-state index contributed by atoms with van der Waals surface area (Å²) < 4.78 is 4.83. The first kappa shape index (κ1) is 15.2. The lowest BCUT2D eigenvalue weighted by molar-refractivity contribution is 0.144. The second kappa shape index (κ2) is 6.92. The molecule has 4 heteroatoms. The van der Waals surface area contributed by atoms with Gasteiger partial charge >= 0.3 is 6.16 Å². The maximum Gasteiger partial charge on any atom is 0.511 e. The second-order valence-electron chi connectivity index (χ2n) is 4.76. The van der Waals surface area contributed by atoms with E-state index < -0.39 is 6.16 Å². The van der Waals surface area contributed by atoms with Crippen molar-refractivity contribution >= 4 is 11.9 Å². The third-order valence-corrected chi connectivity index (χ3v) is 2.96. The monoisotopic (exact) mass is 263 g/mol. The van der Waals surface area contributed by atoms with Crippen LogP contribution < -0.4 is 4.74 Å². The van der Waals surface area contributed by atoms with E-state index in [0.29, 0.717) is 23.4 Å². The number of nitrogens with one attached hydrogen (secondary N) is 1. The van der Waals surface area contributed by atoms with Crippen LogP contribution in [0.1, 0.15) is 49.3 Å². The molecule has 0 saturated heterocycles. The van der Waals surface area contributed by atoms with Crippen molar-refractivity contribution < 1.29 is 14.6 Å².